The summed E-state index contributed by atoms with van der Waals surface area (Å²) in [6.07, 6.45) is -4.61. The molecule has 1 N–H and O–H groups in total. The first kappa shape index (κ1) is 20.7. The highest BCUT2D eigenvalue weighted by molar-refractivity contribution is 6.02. The van der Waals surface area contributed by atoms with Gasteiger partial charge in [-0.25, -0.2) is 0 Å². The van der Waals surface area contributed by atoms with Crippen LogP contribution in [-0.2, 0) is 25.3 Å². The lowest BCUT2D eigenvalue weighted by atomic mass is 10.1. The summed E-state index contributed by atoms with van der Waals surface area (Å²) in [5.74, 6) is -1.31. The third-order valence-electron chi connectivity index (χ3n) is 3.84. The van der Waals surface area contributed by atoms with Crippen LogP contribution in [0.4, 0.5) is 18.9 Å². The van der Waals surface area contributed by atoms with E-state index >= 15 is 0 Å². The number of alkyl halides is 3. The Morgan fingerprint density at radius 3 is 2.44 bits per heavy atom. The maximum atomic E-state index is 12.9. The van der Waals surface area contributed by atoms with Crippen LogP contribution in [0, 0.1) is 0 Å². The average Bonchev–Trinajstić information content (AvgIpc) is 2.91. The first-order chi connectivity index (χ1) is 12.7. The standard InChI is InChI=1S/C17H19F3N2O5/c1-26-8-9-27-13-3-2-11(17(18,19)20)10-12(13)21-14(23)6-7-22-15(24)4-5-16(22)25/h2-3,10H,4-9H2,1H3,(H,21,23). The van der Waals surface area contributed by atoms with E-state index in [0.717, 1.165) is 23.1 Å². The Balaban J connectivity index is 2.07. The molecular formula is C17H19F3N2O5. The molecule has 1 fully saturated rings. The van der Waals surface area contributed by atoms with Crippen LogP contribution in [0.3, 0.4) is 0 Å². The van der Waals surface area contributed by atoms with Gasteiger partial charge in [-0.15, -0.1) is 0 Å². The summed E-state index contributed by atoms with van der Waals surface area (Å²) in [5.41, 5.74) is -1.09. The van der Waals surface area contributed by atoms with E-state index < -0.39 is 17.6 Å². The van der Waals surface area contributed by atoms with Crippen molar-refractivity contribution in [2.45, 2.75) is 25.4 Å². The van der Waals surface area contributed by atoms with Crippen molar-refractivity contribution in [3.05, 3.63) is 23.8 Å². The number of imide groups is 1. The molecule has 148 valence electrons. The van der Waals surface area contributed by atoms with Crippen molar-refractivity contribution in [2.75, 3.05) is 32.2 Å². The molecule has 1 aromatic carbocycles. The fourth-order valence-corrected chi connectivity index (χ4v) is 2.46. The third-order valence-corrected chi connectivity index (χ3v) is 3.84. The number of hydrogen-bond acceptors (Lipinski definition) is 5. The largest absolute Gasteiger partial charge is 0.489 e. The molecule has 0 aromatic heterocycles. The van der Waals surface area contributed by atoms with Crippen LogP contribution in [0.1, 0.15) is 24.8 Å². The number of amides is 3. The van der Waals surface area contributed by atoms with Crippen molar-refractivity contribution >= 4 is 23.4 Å². The highest BCUT2D eigenvalue weighted by Gasteiger charge is 2.32. The van der Waals surface area contributed by atoms with Gasteiger partial charge < -0.3 is 14.8 Å². The number of rotatable bonds is 8. The molecule has 10 heteroatoms. The molecule has 3 amide bonds. The zero-order chi connectivity index (χ0) is 20.0. The van der Waals surface area contributed by atoms with Gasteiger partial charge in [0.05, 0.1) is 17.9 Å². The normalized spacial score (nSPS) is 14.6. The van der Waals surface area contributed by atoms with Gasteiger partial charge in [0.1, 0.15) is 12.4 Å². The molecular weight excluding hydrogens is 369 g/mol. The van der Waals surface area contributed by atoms with Crippen molar-refractivity contribution in [1.29, 1.82) is 0 Å². The van der Waals surface area contributed by atoms with Gasteiger partial charge in [0.2, 0.25) is 17.7 Å². The smallest absolute Gasteiger partial charge is 0.416 e. The molecule has 1 aliphatic heterocycles. The second kappa shape index (κ2) is 8.85. The summed E-state index contributed by atoms with van der Waals surface area (Å²) in [7, 11) is 1.44. The van der Waals surface area contributed by atoms with E-state index in [0.29, 0.717) is 0 Å². The van der Waals surface area contributed by atoms with Crippen molar-refractivity contribution in [3.8, 4) is 5.75 Å². The maximum Gasteiger partial charge on any atom is 0.416 e. The summed E-state index contributed by atoms with van der Waals surface area (Å²) in [4.78, 5) is 36.1. The number of ether oxygens (including phenoxy) is 2. The SMILES string of the molecule is COCCOc1ccc(C(F)(F)F)cc1NC(=O)CCN1C(=O)CCC1=O. The topological polar surface area (TPSA) is 84.9 Å². The average molecular weight is 388 g/mol. The maximum absolute atomic E-state index is 12.9. The van der Waals surface area contributed by atoms with Crippen molar-refractivity contribution in [1.82, 2.24) is 4.90 Å². The van der Waals surface area contributed by atoms with Crippen molar-refractivity contribution in [2.24, 2.45) is 0 Å². The Kier molecular flexibility index (Phi) is 6.78. The van der Waals surface area contributed by atoms with Crippen LogP contribution in [-0.4, -0.2) is 49.5 Å². The summed E-state index contributed by atoms with van der Waals surface area (Å²) in [5, 5.41) is 2.35. The van der Waals surface area contributed by atoms with E-state index in [1.54, 1.807) is 0 Å². The molecule has 0 spiro atoms. The number of anilines is 1. The van der Waals surface area contributed by atoms with E-state index in [1.807, 2.05) is 0 Å². The van der Waals surface area contributed by atoms with Crippen LogP contribution >= 0.6 is 0 Å². The van der Waals surface area contributed by atoms with Crippen LogP contribution in [0.15, 0.2) is 18.2 Å². The molecule has 1 aliphatic rings. The molecule has 1 heterocycles. The van der Waals surface area contributed by atoms with Crippen molar-refractivity contribution in [3.63, 3.8) is 0 Å². The highest BCUT2D eigenvalue weighted by Crippen LogP contribution is 2.35. The fraction of sp³-hybridized carbons (Fsp3) is 0.471. The first-order valence-electron chi connectivity index (χ1n) is 8.18. The predicted molar refractivity (Wildman–Crippen MR) is 88.0 cm³/mol. The van der Waals surface area contributed by atoms with Gasteiger partial charge in [0, 0.05) is 32.9 Å². The summed E-state index contributed by atoms with van der Waals surface area (Å²) in [6.45, 7) is 0.178. The van der Waals surface area contributed by atoms with E-state index in [9.17, 15) is 27.6 Å². The number of halogens is 3. The Labute approximate surface area is 153 Å². The molecule has 0 radical (unpaired) electrons. The zero-order valence-electron chi connectivity index (χ0n) is 14.6. The fourth-order valence-electron chi connectivity index (χ4n) is 2.46. The number of carbonyl (C=O) groups excluding carboxylic acids is 3. The summed E-state index contributed by atoms with van der Waals surface area (Å²) in [6, 6.07) is 2.73. The molecule has 0 unspecified atom stereocenters. The van der Waals surface area contributed by atoms with Crippen LogP contribution in [0.2, 0.25) is 0 Å². The number of hydrogen-bond donors (Lipinski definition) is 1. The molecule has 1 saturated heterocycles. The molecule has 0 atom stereocenters. The Hall–Kier alpha value is -2.62. The summed E-state index contributed by atoms with van der Waals surface area (Å²) >= 11 is 0. The lowest BCUT2D eigenvalue weighted by Crippen LogP contribution is -2.32. The Morgan fingerprint density at radius 2 is 1.85 bits per heavy atom. The molecule has 0 saturated carbocycles. The number of likely N-dealkylation sites (tertiary alicyclic amines) is 1. The quantitative estimate of drug-likeness (QED) is 0.545. The van der Waals surface area contributed by atoms with Gasteiger partial charge in [-0.3, -0.25) is 19.3 Å². The number of methoxy groups -OCH3 is 1. The van der Waals surface area contributed by atoms with Gasteiger partial charge in [-0.05, 0) is 18.2 Å². The number of benzene rings is 1. The van der Waals surface area contributed by atoms with Gasteiger partial charge >= 0.3 is 6.18 Å². The van der Waals surface area contributed by atoms with E-state index in [4.69, 9.17) is 9.47 Å². The minimum Gasteiger partial charge on any atom is -0.489 e. The van der Waals surface area contributed by atoms with Crippen LogP contribution in [0.5, 0.6) is 5.75 Å². The van der Waals surface area contributed by atoms with Crippen molar-refractivity contribution < 1.29 is 37.0 Å². The second-order valence-corrected chi connectivity index (χ2v) is 5.79. The third kappa shape index (κ3) is 5.68. The lowest BCUT2D eigenvalue weighted by Gasteiger charge is -2.16. The van der Waals surface area contributed by atoms with Gasteiger partial charge in [-0.1, -0.05) is 0 Å². The minimum atomic E-state index is -4.58. The minimum absolute atomic E-state index is 0.0572. The van der Waals surface area contributed by atoms with E-state index in [1.165, 1.54) is 7.11 Å². The molecule has 27 heavy (non-hydrogen) atoms. The molecule has 2 rings (SSSR count). The highest BCUT2D eigenvalue weighted by atomic mass is 19.4. The molecule has 1 aromatic rings. The summed E-state index contributed by atoms with van der Waals surface area (Å²) < 4.78 is 48.9. The Morgan fingerprint density at radius 1 is 1.19 bits per heavy atom. The second-order valence-electron chi connectivity index (χ2n) is 5.79. The molecule has 0 aliphatic carbocycles. The molecule has 0 bridgehead atoms. The monoisotopic (exact) mass is 388 g/mol. The van der Waals surface area contributed by atoms with Crippen LogP contribution in [0.25, 0.3) is 0 Å². The lowest BCUT2D eigenvalue weighted by molar-refractivity contribution is -0.139. The zero-order valence-corrected chi connectivity index (χ0v) is 14.6. The molecule has 7 nitrogen and oxygen atoms in total. The number of nitrogens with one attached hydrogen (secondary N) is 1. The van der Waals surface area contributed by atoms with Crippen LogP contribution < -0.4 is 10.1 Å². The van der Waals surface area contributed by atoms with Gasteiger partial charge in [0.25, 0.3) is 0 Å². The van der Waals surface area contributed by atoms with Gasteiger partial charge in [-0.2, -0.15) is 13.2 Å². The van der Waals surface area contributed by atoms with Gasteiger partial charge in [0.15, 0.2) is 0 Å². The number of carbonyl (C=O) groups is 3. The number of nitrogens with zero attached hydrogens (tertiary/aromatic N) is 1. The van der Waals surface area contributed by atoms with E-state index in [-0.39, 0.29) is 62.3 Å². The van der Waals surface area contributed by atoms with E-state index in [2.05, 4.69) is 5.32 Å². The predicted octanol–water partition coefficient (Wildman–Crippen LogP) is 2.21. The Bertz CT molecular complexity index is 705. The first-order valence-corrected chi connectivity index (χ1v) is 8.18.